The number of hydrogen-bond acceptors (Lipinski definition) is 8. The Balaban J connectivity index is 1.30. The number of anilines is 1. The fraction of sp³-hybridized carbons (Fsp3) is 0.500. The first kappa shape index (κ1) is 24.6. The minimum absolute atomic E-state index is 0.228. The standard InChI is InChI=1S/C26H32N4O5S/c1-17(2)25(32)35-21-8-9-29-22-18(16-36-23(21)22)24(31)30(26(29)33)15-12-27-10-13-28(14-11-27)19-6-4-5-7-20(19)34-3/h4-7,16-17,21H,8-15H2,1-3H3. The van der Waals surface area contributed by atoms with Gasteiger partial charge in [0.1, 0.15) is 11.9 Å². The lowest BCUT2D eigenvalue weighted by atomic mass is 10.1. The van der Waals surface area contributed by atoms with Gasteiger partial charge in [-0.1, -0.05) is 26.0 Å². The Morgan fingerprint density at radius 2 is 1.83 bits per heavy atom. The van der Waals surface area contributed by atoms with Crippen molar-refractivity contribution in [1.82, 2.24) is 14.0 Å². The number of aromatic nitrogens is 2. The van der Waals surface area contributed by atoms with E-state index in [2.05, 4.69) is 15.9 Å². The zero-order valence-electron chi connectivity index (χ0n) is 20.9. The SMILES string of the molecule is COc1ccccc1N1CCN(CCn2c(=O)c3csc4c3n(c2=O)CCC4OC(=O)C(C)C)CC1. The van der Waals surface area contributed by atoms with Crippen molar-refractivity contribution in [3.8, 4) is 5.75 Å². The Hall–Kier alpha value is -3.11. The van der Waals surface area contributed by atoms with Crippen molar-refractivity contribution in [2.24, 2.45) is 5.92 Å². The van der Waals surface area contributed by atoms with Crippen molar-refractivity contribution in [2.45, 2.75) is 39.5 Å². The lowest BCUT2D eigenvalue weighted by molar-refractivity contribution is -0.153. The number of carbonyl (C=O) groups is 1. The van der Waals surface area contributed by atoms with Crippen LogP contribution in [0.2, 0.25) is 0 Å². The second-order valence-electron chi connectivity index (χ2n) is 9.62. The molecule has 0 spiro atoms. The molecule has 36 heavy (non-hydrogen) atoms. The van der Waals surface area contributed by atoms with Crippen molar-refractivity contribution in [1.29, 1.82) is 0 Å². The average molecular weight is 513 g/mol. The summed E-state index contributed by atoms with van der Waals surface area (Å²) in [5, 5.41) is 2.33. The van der Waals surface area contributed by atoms with Crippen LogP contribution in [0, 0.1) is 5.92 Å². The molecule has 0 amide bonds. The van der Waals surface area contributed by atoms with E-state index in [1.165, 1.54) is 15.9 Å². The molecule has 0 saturated carbocycles. The molecule has 1 saturated heterocycles. The van der Waals surface area contributed by atoms with Crippen molar-refractivity contribution < 1.29 is 14.3 Å². The quantitative estimate of drug-likeness (QED) is 0.450. The first-order valence-corrected chi connectivity index (χ1v) is 13.3. The lowest BCUT2D eigenvalue weighted by Crippen LogP contribution is -2.49. The van der Waals surface area contributed by atoms with Crippen molar-refractivity contribution in [3.05, 3.63) is 55.4 Å². The van der Waals surface area contributed by atoms with E-state index in [0.717, 1.165) is 42.5 Å². The Kier molecular flexibility index (Phi) is 6.90. The van der Waals surface area contributed by atoms with Gasteiger partial charge in [0.05, 0.1) is 34.5 Å². The van der Waals surface area contributed by atoms with E-state index in [4.69, 9.17) is 9.47 Å². The van der Waals surface area contributed by atoms with E-state index in [1.807, 2.05) is 18.2 Å². The number of benzene rings is 1. The highest BCUT2D eigenvalue weighted by Gasteiger charge is 2.30. The van der Waals surface area contributed by atoms with Crippen molar-refractivity contribution >= 4 is 33.9 Å². The number of nitrogens with zero attached hydrogens (tertiary/aromatic N) is 4. The Bertz CT molecular complexity index is 1380. The van der Waals surface area contributed by atoms with Gasteiger partial charge in [-0.3, -0.25) is 23.6 Å². The van der Waals surface area contributed by atoms with E-state index in [9.17, 15) is 14.4 Å². The molecule has 3 aromatic rings. The number of para-hydroxylation sites is 2. The Morgan fingerprint density at radius 1 is 1.08 bits per heavy atom. The maximum atomic E-state index is 13.3. The molecule has 5 rings (SSSR count). The number of ether oxygens (including phenoxy) is 2. The summed E-state index contributed by atoms with van der Waals surface area (Å²) in [5.41, 5.74) is 1.17. The number of aryl methyl sites for hydroxylation is 1. The minimum Gasteiger partial charge on any atom is -0.495 e. The van der Waals surface area contributed by atoms with Crippen LogP contribution in [0.1, 0.15) is 31.2 Å². The van der Waals surface area contributed by atoms with Crippen molar-refractivity contribution in [3.63, 3.8) is 0 Å². The maximum absolute atomic E-state index is 13.3. The molecule has 0 aliphatic carbocycles. The van der Waals surface area contributed by atoms with Gasteiger partial charge in [-0.05, 0) is 12.1 Å². The van der Waals surface area contributed by atoms with Gasteiger partial charge in [-0.15, -0.1) is 11.3 Å². The summed E-state index contributed by atoms with van der Waals surface area (Å²) in [6.07, 6.45) is 0.126. The van der Waals surface area contributed by atoms with E-state index in [1.54, 1.807) is 30.9 Å². The first-order valence-electron chi connectivity index (χ1n) is 12.4. The number of piperazine rings is 1. The fourth-order valence-corrected chi connectivity index (χ4v) is 6.12. The topological polar surface area (TPSA) is 86.0 Å². The van der Waals surface area contributed by atoms with Gasteiger partial charge in [0.2, 0.25) is 0 Å². The van der Waals surface area contributed by atoms with Crippen LogP contribution < -0.4 is 20.9 Å². The first-order chi connectivity index (χ1) is 17.4. The van der Waals surface area contributed by atoms with Crippen molar-refractivity contribution in [2.75, 3.05) is 44.7 Å². The highest BCUT2D eigenvalue weighted by molar-refractivity contribution is 7.11. The molecule has 10 heteroatoms. The average Bonchev–Trinajstić information content (AvgIpc) is 3.34. The van der Waals surface area contributed by atoms with E-state index in [-0.39, 0.29) is 23.1 Å². The smallest absolute Gasteiger partial charge is 0.331 e. The van der Waals surface area contributed by atoms with E-state index in [0.29, 0.717) is 37.0 Å². The van der Waals surface area contributed by atoms with Gasteiger partial charge in [0, 0.05) is 57.6 Å². The molecular weight excluding hydrogens is 480 g/mol. The molecule has 0 N–H and O–H groups in total. The number of rotatable bonds is 7. The highest BCUT2D eigenvalue weighted by atomic mass is 32.1. The predicted molar refractivity (Wildman–Crippen MR) is 140 cm³/mol. The molecule has 0 radical (unpaired) electrons. The number of carbonyl (C=O) groups excluding carboxylic acids is 1. The van der Waals surface area contributed by atoms with Crippen LogP contribution in [0.25, 0.3) is 10.9 Å². The normalized spacial score (nSPS) is 18.1. The second-order valence-corrected chi connectivity index (χ2v) is 10.5. The summed E-state index contributed by atoms with van der Waals surface area (Å²) in [6, 6.07) is 8.02. The van der Waals surface area contributed by atoms with E-state index >= 15 is 0 Å². The summed E-state index contributed by atoms with van der Waals surface area (Å²) in [6.45, 7) is 8.38. The molecule has 4 heterocycles. The molecule has 1 aromatic carbocycles. The maximum Gasteiger partial charge on any atom is 0.331 e. The van der Waals surface area contributed by atoms with Crippen LogP contribution in [-0.2, 0) is 22.6 Å². The molecule has 2 aliphatic rings. The third kappa shape index (κ3) is 4.43. The number of esters is 1. The largest absolute Gasteiger partial charge is 0.495 e. The number of thiophene rings is 1. The Labute approximate surface area is 213 Å². The highest BCUT2D eigenvalue weighted by Crippen LogP contribution is 2.37. The van der Waals surface area contributed by atoms with Gasteiger partial charge < -0.3 is 14.4 Å². The van der Waals surface area contributed by atoms with Crippen LogP contribution in [0.15, 0.2) is 39.2 Å². The molecule has 0 bridgehead atoms. The van der Waals surface area contributed by atoms with Gasteiger partial charge in [0.25, 0.3) is 5.56 Å². The zero-order valence-corrected chi connectivity index (χ0v) is 21.8. The van der Waals surface area contributed by atoms with Gasteiger partial charge >= 0.3 is 11.7 Å². The van der Waals surface area contributed by atoms with Crippen LogP contribution >= 0.6 is 11.3 Å². The molecular formula is C26H32N4O5S. The molecule has 192 valence electrons. The lowest BCUT2D eigenvalue weighted by Gasteiger charge is -2.36. The number of hydrogen-bond donors (Lipinski definition) is 0. The monoisotopic (exact) mass is 512 g/mol. The zero-order chi connectivity index (χ0) is 25.4. The summed E-state index contributed by atoms with van der Waals surface area (Å²) >= 11 is 1.39. The molecule has 1 unspecified atom stereocenters. The number of methoxy groups -OCH3 is 1. The molecule has 2 aliphatic heterocycles. The van der Waals surface area contributed by atoms with Crippen LogP contribution in [0.4, 0.5) is 5.69 Å². The fourth-order valence-electron chi connectivity index (χ4n) is 5.01. The van der Waals surface area contributed by atoms with Gasteiger partial charge in [-0.2, -0.15) is 0 Å². The van der Waals surface area contributed by atoms with Gasteiger partial charge in [0.15, 0.2) is 0 Å². The Morgan fingerprint density at radius 3 is 2.56 bits per heavy atom. The summed E-state index contributed by atoms with van der Waals surface area (Å²) in [5.74, 6) is 0.370. The summed E-state index contributed by atoms with van der Waals surface area (Å²) in [7, 11) is 1.68. The molecule has 1 atom stereocenters. The van der Waals surface area contributed by atoms with Crippen LogP contribution in [-0.4, -0.2) is 59.8 Å². The van der Waals surface area contributed by atoms with Crippen LogP contribution in [0.5, 0.6) is 5.75 Å². The van der Waals surface area contributed by atoms with Gasteiger partial charge in [-0.25, -0.2) is 4.79 Å². The summed E-state index contributed by atoms with van der Waals surface area (Å²) in [4.78, 5) is 44.1. The summed E-state index contributed by atoms with van der Waals surface area (Å²) < 4.78 is 14.2. The predicted octanol–water partition coefficient (Wildman–Crippen LogP) is 2.70. The molecule has 9 nitrogen and oxygen atoms in total. The molecule has 2 aromatic heterocycles. The molecule has 1 fully saturated rings. The van der Waals surface area contributed by atoms with E-state index < -0.39 is 6.10 Å². The third-order valence-electron chi connectivity index (χ3n) is 7.07. The minimum atomic E-state index is -0.406. The van der Waals surface area contributed by atoms with Crippen LogP contribution in [0.3, 0.4) is 0 Å². The second kappa shape index (κ2) is 10.1. The third-order valence-corrected chi connectivity index (χ3v) is 8.14.